The molecule has 0 aliphatic heterocycles. The highest BCUT2D eigenvalue weighted by atomic mass is 35.5. The van der Waals surface area contributed by atoms with Crippen molar-refractivity contribution < 1.29 is 18.7 Å². The number of aryl methyl sites for hydroxylation is 1. The molecular weight excluding hydrogens is 316 g/mol. The largest absolute Gasteiger partial charge is 0.465 e. The molecule has 1 saturated carbocycles. The molecule has 4 nitrogen and oxygen atoms in total. The first kappa shape index (κ1) is 16.1. The maximum atomic E-state index is 12.6. The minimum atomic E-state index is -0.306. The summed E-state index contributed by atoms with van der Waals surface area (Å²) in [6.07, 6.45) is 2.38. The molecule has 0 amide bonds. The van der Waals surface area contributed by atoms with Gasteiger partial charge in [0.05, 0.1) is 17.5 Å². The third kappa shape index (κ3) is 3.27. The molecule has 1 aliphatic rings. The molecular formula is C18H19ClO4. The molecule has 0 saturated heterocycles. The number of hydrogen-bond donors (Lipinski definition) is 0. The first-order valence-electron chi connectivity index (χ1n) is 7.91. The fraction of sp³-hybridized carbons (Fsp3) is 0.444. The van der Waals surface area contributed by atoms with Gasteiger partial charge in [0.25, 0.3) is 0 Å². The summed E-state index contributed by atoms with van der Waals surface area (Å²) in [5.74, 6) is -0.158. The van der Waals surface area contributed by atoms with Gasteiger partial charge in [0.2, 0.25) is 0 Å². The predicted molar refractivity (Wildman–Crippen MR) is 87.8 cm³/mol. The lowest BCUT2D eigenvalue weighted by Crippen LogP contribution is -2.12. The monoisotopic (exact) mass is 334 g/mol. The van der Waals surface area contributed by atoms with Crippen LogP contribution in [0.15, 0.2) is 22.6 Å². The zero-order valence-electron chi connectivity index (χ0n) is 13.2. The van der Waals surface area contributed by atoms with E-state index in [-0.39, 0.29) is 23.6 Å². The number of fused-ring (bicyclic) bond motifs is 1. The van der Waals surface area contributed by atoms with Crippen LogP contribution < -0.4 is 0 Å². The summed E-state index contributed by atoms with van der Waals surface area (Å²) >= 11 is 6.19. The molecule has 0 radical (unpaired) electrons. The number of esters is 1. The Bertz CT molecular complexity index is 762. The lowest BCUT2D eigenvalue weighted by molar-refractivity contribution is -0.145. The number of benzene rings is 1. The van der Waals surface area contributed by atoms with E-state index in [9.17, 15) is 9.59 Å². The molecule has 23 heavy (non-hydrogen) atoms. The summed E-state index contributed by atoms with van der Waals surface area (Å²) in [4.78, 5) is 24.5. The Labute approximate surface area is 139 Å². The van der Waals surface area contributed by atoms with Crippen molar-refractivity contribution >= 4 is 34.3 Å². The van der Waals surface area contributed by atoms with E-state index in [2.05, 4.69) is 0 Å². The van der Waals surface area contributed by atoms with Crippen molar-refractivity contribution in [2.75, 3.05) is 6.61 Å². The van der Waals surface area contributed by atoms with E-state index >= 15 is 0 Å². The second-order valence-corrected chi connectivity index (χ2v) is 6.47. The van der Waals surface area contributed by atoms with Crippen molar-refractivity contribution in [3.05, 3.63) is 34.5 Å². The summed E-state index contributed by atoms with van der Waals surface area (Å²) in [6, 6.07) is 5.24. The summed E-state index contributed by atoms with van der Waals surface area (Å²) in [6.45, 7) is 4.30. The fourth-order valence-electron chi connectivity index (χ4n) is 2.76. The van der Waals surface area contributed by atoms with Gasteiger partial charge in [0, 0.05) is 16.9 Å². The van der Waals surface area contributed by atoms with E-state index in [0.29, 0.717) is 29.2 Å². The number of carbonyl (C=O) groups excluding carboxylic acids is 2. The van der Waals surface area contributed by atoms with Crippen molar-refractivity contribution in [1.82, 2.24) is 0 Å². The molecule has 3 rings (SSSR count). The van der Waals surface area contributed by atoms with Crippen LogP contribution in [0.3, 0.4) is 0 Å². The SMILES string of the molecule is CCCCOC(=O)[C@H]1C[C@@H]1C(=O)c1cc(Cl)c2oc(C)cc2c1. The highest BCUT2D eigenvalue weighted by Crippen LogP contribution is 2.43. The van der Waals surface area contributed by atoms with Crippen LogP contribution in [0.5, 0.6) is 0 Å². The van der Waals surface area contributed by atoms with Gasteiger partial charge in [-0.25, -0.2) is 0 Å². The van der Waals surface area contributed by atoms with Crippen LogP contribution in [0.25, 0.3) is 11.0 Å². The first-order chi connectivity index (χ1) is 11.0. The summed E-state index contributed by atoms with van der Waals surface area (Å²) in [5.41, 5.74) is 1.11. The van der Waals surface area contributed by atoms with Crippen molar-refractivity contribution in [1.29, 1.82) is 0 Å². The van der Waals surface area contributed by atoms with Gasteiger partial charge in [0.1, 0.15) is 5.76 Å². The third-order valence-corrected chi connectivity index (χ3v) is 4.43. The third-order valence-electron chi connectivity index (χ3n) is 4.15. The zero-order chi connectivity index (χ0) is 16.6. The van der Waals surface area contributed by atoms with Gasteiger partial charge >= 0.3 is 5.97 Å². The van der Waals surface area contributed by atoms with Crippen molar-refractivity contribution in [3.8, 4) is 0 Å². The van der Waals surface area contributed by atoms with Gasteiger partial charge in [-0.15, -0.1) is 0 Å². The molecule has 122 valence electrons. The zero-order valence-corrected chi connectivity index (χ0v) is 14.0. The second kappa shape index (κ2) is 6.36. The Kier molecular flexibility index (Phi) is 4.44. The standard InChI is InChI=1S/C18H19ClO4/c1-3-4-5-22-18(21)14-9-13(14)16(20)11-7-12-6-10(2)23-17(12)15(19)8-11/h6-8,13-14H,3-5,9H2,1-2H3/t13-,14-/m0/s1. The molecule has 1 fully saturated rings. The number of furan rings is 1. The molecule has 0 N–H and O–H groups in total. The Morgan fingerprint density at radius 1 is 1.30 bits per heavy atom. The molecule has 1 aromatic heterocycles. The summed E-state index contributed by atoms with van der Waals surface area (Å²) < 4.78 is 10.7. The van der Waals surface area contributed by atoms with E-state index in [0.717, 1.165) is 24.0 Å². The highest BCUT2D eigenvalue weighted by molar-refractivity contribution is 6.35. The van der Waals surface area contributed by atoms with Crippen LogP contribution in [-0.2, 0) is 9.53 Å². The number of halogens is 1. The number of Topliss-reactive ketones (excluding diaryl/α,β-unsaturated/α-hetero) is 1. The number of carbonyl (C=O) groups is 2. The van der Waals surface area contributed by atoms with Crippen molar-refractivity contribution in [3.63, 3.8) is 0 Å². The minimum Gasteiger partial charge on any atom is -0.465 e. The maximum Gasteiger partial charge on any atom is 0.309 e. The van der Waals surface area contributed by atoms with E-state index in [1.807, 2.05) is 19.9 Å². The lowest BCUT2D eigenvalue weighted by Gasteiger charge is -2.04. The van der Waals surface area contributed by atoms with Gasteiger partial charge in [-0.2, -0.15) is 0 Å². The van der Waals surface area contributed by atoms with Gasteiger partial charge in [-0.3, -0.25) is 9.59 Å². The van der Waals surface area contributed by atoms with E-state index in [1.54, 1.807) is 12.1 Å². The molecule has 2 atom stereocenters. The smallest absolute Gasteiger partial charge is 0.309 e. The Morgan fingerprint density at radius 3 is 2.83 bits per heavy atom. The predicted octanol–water partition coefficient (Wildman–Crippen LogP) is 4.56. The molecule has 1 aromatic carbocycles. The maximum absolute atomic E-state index is 12.6. The number of rotatable bonds is 6. The van der Waals surface area contributed by atoms with Gasteiger partial charge in [-0.05, 0) is 38.0 Å². The molecule has 2 aromatic rings. The molecule has 5 heteroatoms. The molecule has 1 aliphatic carbocycles. The average Bonchev–Trinajstić information content (AvgIpc) is 3.22. The fourth-order valence-corrected chi connectivity index (χ4v) is 3.03. The Balaban J connectivity index is 1.71. The number of hydrogen-bond acceptors (Lipinski definition) is 4. The van der Waals surface area contributed by atoms with Crippen LogP contribution in [0.2, 0.25) is 5.02 Å². The molecule has 0 bridgehead atoms. The quantitative estimate of drug-likeness (QED) is 0.441. The van der Waals surface area contributed by atoms with Crippen LogP contribution >= 0.6 is 11.6 Å². The van der Waals surface area contributed by atoms with E-state index in [1.165, 1.54) is 0 Å². The number of ketones is 1. The van der Waals surface area contributed by atoms with E-state index < -0.39 is 0 Å². The van der Waals surface area contributed by atoms with Gasteiger partial charge in [-0.1, -0.05) is 24.9 Å². The topological polar surface area (TPSA) is 56.5 Å². The van der Waals surface area contributed by atoms with Crippen LogP contribution in [-0.4, -0.2) is 18.4 Å². The van der Waals surface area contributed by atoms with Crippen LogP contribution in [0, 0.1) is 18.8 Å². The molecule has 1 heterocycles. The number of unbranched alkanes of at least 4 members (excludes halogenated alkanes) is 1. The van der Waals surface area contributed by atoms with Gasteiger partial charge < -0.3 is 9.15 Å². The lowest BCUT2D eigenvalue weighted by atomic mass is 10.0. The minimum absolute atomic E-state index is 0.0508. The van der Waals surface area contributed by atoms with Gasteiger partial charge in [0.15, 0.2) is 11.4 Å². The van der Waals surface area contributed by atoms with Crippen molar-refractivity contribution in [2.45, 2.75) is 33.1 Å². The Hall–Kier alpha value is -1.81. The molecule has 0 spiro atoms. The van der Waals surface area contributed by atoms with Crippen LogP contribution in [0.1, 0.15) is 42.3 Å². The van der Waals surface area contributed by atoms with Crippen LogP contribution in [0.4, 0.5) is 0 Å². The summed E-state index contributed by atoms with van der Waals surface area (Å²) in [7, 11) is 0. The normalized spacial score (nSPS) is 19.8. The second-order valence-electron chi connectivity index (χ2n) is 6.07. The van der Waals surface area contributed by atoms with E-state index in [4.69, 9.17) is 20.8 Å². The van der Waals surface area contributed by atoms with Crippen molar-refractivity contribution in [2.24, 2.45) is 11.8 Å². The average molecular weight is 335 g/mol. The number of ether oxygens (including phenoxy) is 1. The molecule has 0 unspecified atom stereocenters. The highest BCUT2D eigenvalue weighted by Gasteiger charge is 2.49. The summed E-state index contributed by atoms with van der Waals surface area (Å²) in [5, 5.41) is 1.22. The Morgan fingerprint density at radius 2 is 2.09 bits per heavy atom. The first-order valence-corrected chi connectivity index (χ1v) is 8.29.